The Morgan fingerprint density at radius 1 is 1.23 bits per heavy atom. The van der Waals surface area contributed by atoms with E-state index >= 15 is 0 Å². The lowest BCUT2D eigenvalue weighted by Gasteiger charge is -2.07. The molecule has 0 radical (unpaired) electrons. The van der Waals surface area contributed by atoms with Crippen molar-refractivity contribution in [2.45, 2.75) is 6.92 Å². The van der Waals surface area contributed by atoms with Crippen LogP contribution in [0.2, 0.25) is 0 Å². The third kappa shape index (κ3) is 3.41. The van der Waals surface area contributed by atoms with Gasteiger partial charge in [0.25, 0.3) is 5.56 Å². The summed E-state index contributed by atoms with van der Waals surface area (Å²) in [4.78, 5) is 36.4. The quantitative estimate of drug-likeness (QED) is 0.691. The molecule has 0 amide bonds. The van der Waals surface area contributed by atoms with Crippen LogP contribution in [0.4, 0.5) is 11.4 Å². The number of aromatic carboxylic acids is 2. The third-order valence-corrected chi connectivity index (χ3v) is 3.45. The molecule has 0 saturated carbocycles. The first-order valence-corrected chi connectivity index (χ1v) is 7.03. The molecule has 1 heterocycles. The summed E-state index contributed by atoms with van der Waals surface area (Å²) in [7, 11) is 1.27. The molecule has 132 valence electrons. The number of carboxylic acid groups (broad SMARTS) is 2. The SMILES string of the molecule is COc1[nH]c(=O)c(C#N)c(C)c1N=Nc1cc(C(=O)O)ccc1C(=O)O. The van der Waals surface area contributed by atoms with Gasteiger partial charge in [0.2, 0.25) is 5.88 Å². The van der Waals surface area contributed by atoms with Crippen molar-refractivity contribution in [3.05, 3.63) is 50.8 Å². The molecule has 10 heteroatoms. The number of ether oxygens (including phenoxy) is 1. The van der Waals surface area contributed by atoms with Crippen LogP contribution in [-0.4, -0.2) is 34.2 Å². The van der Waals surface area contributed by atoms with Crippen LogP contribution in [0.1, 0.15) is 31.8 Å². The summed E-state index contributed by atoms with van der Waals surface area (Å²) in [5.41, 5.74) is -1.31. The summed E-state index contributed by atoms with van der Waals surface area (Å²) in [5.74, 6) is -2.65. The standard InChI is InChI=1S/C16H12N4O6/c1-7-10(6-17)13(21)18-14(26-2)12(7)20-19-11-5-8(15(22)23)3-4-9(11)16(24)25/h3-5H,1-2H3,(H,18,21)(H,22,23)(H,24,25). The lowest BCUT2D eigenvalue weighted by molar-refractivity contribution is 0.0682. The van der Waals surface area contributed by atoms with Crippen molar-refractivity contribution >= 4 is 23.3 Å². The van der Waals surface area contributed by atoms with E-state index < -0.39 is 17.5 Å². The Kier molecular flexibility index (Phi) is 5.13. The molecule has 0 fully saturated rings. The zero-order chi connectivity index (χ0) is 19.4. The number of nitriles is 1. The van der Waals surface area contributed by atoms with Crippen LogP contribution in [0.25, 0.3) is 0 Å². The second-order valence-electron chi connectivity index (χ2n) is 4.99. The highest BCUT2D eigenvalue weighted by molar-refractivity contribution is 5.96. The number of aromatic amines is 1. The number of aromatic nitrogens is 1. The third-order valence-electron chi connectivity index (χ3n) is 3.45. The minimum absolute atomic E-state index is 0.0146. The van der Waals surface area contributed by atoms with Crippen molar-refractivity contribution in [2.24, 2.45) is 10.2 Å². The zero-order valence-electron chi connectivity index (χ0n) is 13.6. The topological polar surface area (TPSA) is 165 Å². The van der Waals surface area contributed by atoms with Gasteiger partial charge in [-0.1, -0.05) is 0 Å². The highest BCUT2D eigenvalue weighted by Gasteiger charge is 2.17. The first kappa shape index (κ1) is 18.3. The summed E-state index contributed by atoms with van der Waals surface area (Å²) >= 11 is 0. The predicted octanol–water partition coefficient (Wildman–Crippen LogP) is 2.38. The average Bonchev–Trinajstić information content (AvgIpc) is 2.60. The van der Waals surface area contributed by atoms with Crippen LogP contribution in [0.3, 0.4) is 0 Å². The molecule has 3 N–H and O–H groups in total. The molecule has 0 aliphatic heterocycles. The Labute approximate surface area is 146 Å². The van der Waals surface area contributed by atoms with Crippen molar-refractivity contribution in [1.29, 1.82) is 5.26 Å². The monoisotopic (exact) mass is 356 g/mol. The molecule has 0 aliphatic carbocycles. The van der Waals surface area contributed by atoms with Gasteiger partial charge in [-0.2, -0.15) is 5.26 Å². The van der Waals surface area contributed by atoms with Crippen LogP contribution in [0, 0.1) is 18.3 Å². The van der Waals surface area contributed by atoms with Crippen molar-refractivity contribution < 1.29 is 24.5 Å². The second-order valence-corrected chi connectivity index (χ2v) is 4.99. The number of carboxylic acids is 2. The second kappa shape index (κ2) is 7.27. The van der Waals surface area contributed by atoms with E-state index in [0.29, 0.717) is 0 Å². The van der Waals surface area contributed by atoms with Gasteiger partial charge in [0.05, 0.1) is 18.2 Å². The summed E-state index contributed by atoms with van der Waals surface area (Å²) in [5, 5.41) is 34.9. The van der Waals surface area contributed by atoms with E-state index in [-0.39, 0.29) is 39.5 Å². The Bertz CT molecular complexity index is 1030. The van der Waals surface area contributed by atoms with Gasteiger partial charge in [0.15, 0.2) is 5.69 Å². The summed E-state index contributed by atoms with van der Waals surface area (Å²) in [6.07, 6.45) is 0. The molecule has 0 atom stereocenters. The smallest absolute Gasteiger partial charge is 0.337 e. The van der Waals surface area contributed by atoms with Gasteiger partial charge in [-0.15, -0.1) is 10.2 Å². The Morgan fingerprint density at radius 3 is 2.46 bits per heavy atom. The first-order valence-electron chi connectivity index (χ1n) is 7.03. The zero-order valence-corrected chi connectivity index (χ0v) is 13.6. The number of methoxy groups -OCH3 is 1. The van der Waals surface area contributed by atoms with E-state index in [9.17, 15) is 19.5 Å². The average molecular weight is 356 g/mol. The number of benzene rings is 1. The van der Waals surface area contributed by atoms with Crippen molar-refractivity contribution in [1.82, 2.24) is 4.98 Å². The van der Waals surface area contributed by atoms with Gasteiger partial charge < -0.3 is 14.9 Å². The van der Waals surface area contributed by atoms with Gasteiger partial charge in [0, 0.05) is 5.56 Å². The molecule has 0 bridgehead atoms. The minimum Gasteiger partial charge on any atom is -0.481 e. The number of nitrogens with zero attached hydrogens (tertiary/aromatic N) is 3. The fourth-order valence-corrected chi connectivity index (χ4v) is 2.12. The number of rotatable bonds is 5. The van der Waals surface area contributed by atoms with E-state index in [0.717, 1.165) is 18.2 Å². The molecule has 2 rings (SSSR count). The van der Waals surface area contributed by atoms with Crippen LogP contribution in [-0.2, 0) is 0 Å². The highest BCUT2D eigenvalue weighted by Crippen LogP contribution is 2.32. The van der Waals surface area contributed by atoms with E-state index in [4.69, 9.17) is 15.1 Å². The maximum absolute atomic E-state index is 11.8. The summed E-state index contributed by atoms with van der Waals surface area (Å²) < 4.78 is 5.01. The van der Waals surface area contributed by atoms with Gasteiger partial charge >= 0.3 is 11.9 Å². The van der Waals surface area contributed by atoms with E-state index in [1.54, 1.807) is 6.07 Å². The molecule has 26 heavy (non-hydrogen) atoms. The van der Waals surface area contributed by atoms with Gasteiger partial charge in [-0.3, -0.25) is 9.78 Å². The molecule has 1 aromatic carbocycles. The fraction of sp³-hybridized carbons (Fsp3) is 0.125. The first-order chi connectivity index (χ1) is 12.3. The Balaban J connectivity index is 2.66. The van der Waals surface area contributed by atoms with Crippen LogP contribution in [0.15, 0.2) is 33.2 Å². The number of pyridine rings is 1. The molecule has 10 nitrogen and oxygen atoms in total. The Morgan fingerprint density at radius 2 is 1.92 bits per heavy atom. The molecular formula is C16H12N4O6. The number of hydrogen-bond donors (Lipinski definition) is 3. The normalized spacial score (nSPS) is 10.5. The molecule has 2 aromatic rings. The van der Waals surface area contributed by atoms with Gasteiger partial charge in [0.1, 0.15) is 17.3 Å². The van der Waals surface area contributed by atoms with Gasteiger partial charge in [-0.05, 0) is 25.1 Å². The predicted molar refractivity (Wildman–Crippen MR) is 87.6 cm³/mol. The Hall–Kier alpha value is -4.00. The molecule has 0 saturated heterocycles. The number of hydrogen-bond acceptors (Lipinski definition) is 7. The maximum Gasteiger partial charge on any atom is 0.337 e. The highest BCUT2D eigenvalue weighted by atomic mass is 16.5. The van der Waals surface area contributed by atoms with Crippen LogP contribution >= 0.6 is 0 Å². The van der Waals surface area contributed by atoms with Crippen molar-refractivity contribution in [3.63, 3.8) is 0 Å². The molecular weight excluding hydrogens is 344 g/mol. The summed E-state index contributed by atoms with van der Waals surface area (Å²) in [6.45, 7) is 1.45. The number of nitrogens with one attached hydrogen (secondary N) is 1. The van der Waals surface area contributed by atoms with Crippen molar-refractivity contribution in [2.75, 3.05) is 7.11 Å². The maximum atomic E-state index is 11.8. The molecule has 0 spiro atoms. The number of azo groups is 1. The summed E-state index contributed by atoms with van der Waals surface area (Å²) in [6, 6.07) is 5.01. The lowest BCUT2D eigenvalue weighted by atomic mass is 10.1. The van der Waals surface area contributed by atoms with Crippen LogP contribution in [0.5, 0.6) is 5.88 Å². The molecule has 1 aromatic heterocycles. The lowest BCUT2D eigenvalue weighted by Crippen LogP contribution is -2.13. The van der Waals surface area contributed by atoms with E-state index in [1.165, 1.54) is 14.0 Å². The van der Waals surface area contributed by atoms with Crippen molar-refractivity contribution in [3.8, 4) is 11.9 Å². The molecule has 0 unspecified atom stereocenters. The largest absolute Gasteiger partial charge is 0.481 e. The van der Waals surface area contributed by atoms with E-state index in [2.05, 4.69) is 15.2 Å². The number of H-pyrrole nitrogens is 1. The van der Waals surface area contributed by atoms with Crippen LogP contribution < -0.4 is 10.3 Å². The molecule has 0 aliphatic rings. The van der Waals surface area contributed by atoms with E-state index in [1.807, 2.05) is 0 Å². The minimum atomic E-state index is -1.32. The number of carbonyl (C=O) groups is 2. The van der Waals surface area contributed by atoms with Gasteiger partial charge in [-0.25, -0.2) is 9.59 Å². The fourth-order valence-electron chi connectivity index (χ4n) is 2.12.